The fraction of sp³-hybridized carbons (Fsp3) is 0.200. The number of nitrogens with zero attached hydrogens (tertiary/aromatic N) is 1. The monoisotopic (exact) mass is 300 g/mol. The van der Waals surface area contributed by atoms with E-state index in [0.717, 1.165) is 4.47 Å². The molecule has 0 unspecified atom stereocenters. The molecule has 0 aromatic carbocycles. The number of anilines is 1. The molecule has 2 aromatic heterocycles. The predicted octanol–water partition coefficient (Wildman–Crippen LogP) is 3.37. The molecule has 0 radical (unpaired) electrons. The average molecular weight is 301 g/mol. The highest BCUT2D eigenvalue weighted by atomic mass is 79.9. The quantitative estimate of drug-likeness (QED) is 0.925. The number of aromatic nitrogens is 1. The number of carbonyl (C=O) groups is 1. The summed E-state index contributed by atoms with van der Waals surface area (Å²) in [6.07, 6.45) is 0. The molecule has 6 heteroatoms. The van der Waals surface area contributed by atoms with Crippen LogP contribution in [0.3, 0.4) is 0 Å². The van der Waals surface area contributed by atoms with Crippen LogP contribution in [0.2, 0.25) is 0 Å². The lowest BCUT2D eigenvalue weighted by Crippen LogP contribution is -2.11. The van der Waals surface area contributed by atoms with Crippen molar-refractivity contribution in [2.75, 3.05) is 5.32 Å². The van der Waals surface area contributed by atoms with Gasteiger partial charge in [0, 0.05) is 9.85 Å². The van der Waals surface area contributed by atoms with Gasteiger partial charge in [-0.25, -0.2) is 0 Å². The van der Waals surface area contributed by atoms with Gasteiger partial charge in [-0.2, -0.15) is 0 Å². The number of hydrogen-bond acceptors (Lipinski definition) is 4. The van der Waals surface area contributed by atoms with Crippen LogP contribution < -0.4 is 5.32 Å². The molecule has 0 atom stereocenters. The van der Waals surface area contributed by atoms with Gasteiger partial charge >= 0.3 is 0 Å². The third kappa shape index (κ3) is 2.17. The van der Waals surface area contributed by atoms with E-state index in [1.54, 1.807) is 19.9 Å². The molecule has 0 aliphatic heterocycles. The summed E-state index contributed by atoms with van der Waals surface area (Å²) in [4.78, 5) is 12.5. The zero-order valence-electron chi connectivity index (χ0n) is 8.70. The van der Waals surface area contributed by atoms with E-state index in [2.05, 4.69) is 26.4 Å². The summed E-state index contributed by atoms with van der Waals surface area (Å²) in [5.41, 5.74) is 1.33. The molecule has 2 aromatic rings. The molecule has 0 spiro atoms. The summed E-state index contributed by atoms with van der Waals surface area (Å²) in [7, 11) is 0. The molecule has 84 valence electrons. The van der Waals surface area contributed by atoms with Gasteiger partial charge in [0.1, 0.15) is 11.4 Å². The van der Waals surface area contributed by atoms with Crippen molar-refractivity contribution < 1.29 is 9.32 Å². The minimum atomic E-state index is -0.148. The maximum atomic E-state index is 11.8. The van der Waals surface area contributed by atoms with E-state index in [-0.39, 0.29) is 5.91 Å². The lowest BCUT2D eigenvalue weighted by atomic mass is 10.3. The van der Waals surface area contributed by atoms with Crippen LogP contribution in [0.1, 0.15) is 21.1 Å². The molecule has 0 fully saturated rings. The van der Waals surface area contributed by atoms with Crippen LogP contribution in [-0.2, 0) is 0 Å². The highest BCUT2D eigenvalue weighted by molar-refractivity contribution is 9.10. The van der Waals surface area contributed by atoms with Gasteiger partial charge in [0.15, 0.2) is 5.76 Å². The second-order valence-corrected chi connectivity index (χ2v) is 5.11. The Bertz CT molecular complexity index is 513. The summed E-state index contributed by atoms with van der Waals surface area (Å²) in [5, 5.41) is 8.42. The molecular formula is C10H9BrN2O2S. The minimum Gasteiger partial charge on any atom is -0.359 e. The molecule has 0 saturated carbocycles. The molecule has 0 bridgehead atoms. The fourth-order valence-corrected chi connectivity index (χ4v) is 2.59. The van der Waals surface area contributed by atoms with Crippen molar-refractivity contribution in [2.24, 2.45) is 0 Å². The molecule has 4 nitrogen and oxygen atoms in total. The summed E-state index contributed by atoms with van der Waals surface area (Å²) in [5.74, 6) is 0.464. The minimum absolute atomic E-state index is 0.148. The smallest absolute Gasteiger partial charge is 0.265 e. The van der Waals surface area contributed by atoms with Crippen LogP contribution in [0.25, 0.3) is 0 Å². The summed E-state index contributed by atoms with van der Waals surface area (Å²) in [6, 6.07) is 1.78. The highest BCUT2D eigenvalue weighted by Crippen LogP contribution is 2.23. The first-order valence-corrected chi connectivity index (χ1v) is 6.23. The number of nitrogens with one attached hydrogen (secondary N) is 1. The molecule has 2 heterocycles. The van der Waals surface area contributed by atoms with Crippen LogP contribution in [0, 0.1) is 13.8 Å². The Morgan fingerprint density at radius 1 is 1.56 bits per heavy atom. The maximum Gasteiger partial charge on any atom is 0.265 e. The fourth-order valence-electron chi connectivity index (χ4n) is 1.27. The number of halogens is 1. The molecule has 0 saturated heterocycles. The van der Waals surface area contributed by atoms with E-state index in [1.165, 1.54) is 11.3 Å². The molecule has 16 heavy (non-hydrogen) atoms. The van der Waals surface area contributed by atoms with E-state index < -0.39 is 0 Å². The lowest BCUT2D eigenvalue weighted by molar-refractivity contribution is 0.103. The third-order valence-electron chi connectivity index (χ3n) is 2.06. The zero-order chi connectivity index (χ0) is 11.7. The Kier molecular flexibility index (Phi) is 3.11. The van der Waals surface area contributed by atoms with Crippen LogP contribution in [0.5, 0.6) is 0 Å². The van der Waals surface area contributed by atoms with Crippen molar-refractivity contribution in [3.05, 3.63) is 32.3 Å². The maximum absolute atomic E-state index is 11.8. The van der Waals surface area contributed by atoms with Gasteiger partial charge in [-0.05, 0) is 35.8 Å². The molecule has 0 aliphatic rings. The van der Waals surface area contributed by atoms with Gasteiger partial charge in [0.25, 0.3) is 5.91 Å². The molecule has 2 rings (SSSR count). The van der Waals surface area contributed by atoms with E-state index in [1.807, 2.05) is 5.38 Å². The van der Waals surface area contributed by atoms with Gasteiger partial charge in [-0.3, -0.25) is 4.79 Å². The number of hydrogen-bond donors (Lipinski definition) is 1. The topological polar surface area (TPSA) is 55.1 Å². The van der Waals surface area contributed by atoms with Crippen molar-refractivity contribution in [1.82, 2.24) is 5.16 Å². The Hall–Kier alpha value is -1.14. The van der Waals surface area contributed by atoms with Crippen LogP contribution >= 0.6 is 27.3 Å². The number of thiophene rings is 1. The zero-order valence-corrected chi connectivity index (χ0v) is 11.1. The predicted molar refractivity (Wildman–Crippen MR) is 65.9 cm³/mol. The Balaban J connectivity index is 2.20. The molecule has 1 N–H and O–H groups in total. The van der Waals surface area contributed by atoms with Crippen molar-refractivity contribution in [2.45, 2.75) is 13.8 Å². The lowest BCUT2D eigenvalue weighted by Gasteiger charge is -2.01. The van der Waals surface area contributed by atoms with Crippen molar-refractivity contribution in [1.29, 1.82) is 0 Å². The number of aryl methyl sites for hydroxylation is 2. The Labute approximate surface area is 105 Å². The standard InChI is InChI=1S/C10H9BrN2O2S/c1-5-9(6(2)15-13-5)12-10(14)8-3-7(11)4-16-8/h3-4H,1-2H3,(H,12,14). The van der Waals surface area contributed by atoms with Crippen LogP contribution in [-0.4, -0.2) is 11.1 Å². The molecule has 1 amide bonds. The van der Waals surface area contributed by atoms with Gasteiger partial charge in [-0.15, -0.1) is 11.3 Å². The summed E-state index contributed by atoms with van der Waals surface area (Å²) in [6.45, 7) is 3.55. The second-order valence-electron chi connectivity index (χ2n) is 3.28. The molecular weight excluding hydrogens is 292 g/mol. The average Bonchev–Trinajstić information content (AvgIpc) is 2.79. The number of carbonyl (C=O) groups excluding carboxylic acids is 1. The normalized spacial score (nSPS) is 10.4. The van der Waals surface area contributed by atoms with E-state index in [9.17, 15) is 4.79 Å². The van der Waals surface area contributed by atoms with Gasteiger partial charge in [0.05, 0.1) is 4.88 Å². The second kappa shape index (κ2) is 4.39. The Morgan fingerprint density at radius 2 is 2.31 bits per heavy atom. The largest absolute Gasteiger partial charge is 0.359 e. The molecule has 0 aliphatic carbocycles. The first-order valence-electron chi connectivity index (χ1n) is 4.56. The van der Waals surface area contributed by atoms with Crippen molar-refractivity contribution >= 4 is 38.9 Å². The van der Waals surface area contributed by atoms with Crippen molar-refractivity contribution in [3.63, 3.8) is 0 Å². The third-order valence-corrected chi connectivity index (χ3v) is 3.75. The van der Waals surface area contributed by atoms with Gasteiger partial charge in [0.2, 0.25) is 0 Å². The van der Waals surface area contributed by atoms with Gasteiger partial charge in [-0.1, -0.05) is 5.16 Å². The first kappa shape index (κ1) is 11.3. The van der Waals surface area contributed by atoms with Crippen molar-refractivity contribution in [3.8, 4) is 0 Å². The van der Waals surface area contributed by atoms with Gasteiger partial charge < -0.3 is 9.84 Å². The number of rotatable bonds is 2. The van der Waals surface area contributed by atoms with Crippen LogP contribution in [0.4, 0.5) is 5.69 Å². The number of amides is 1. The van der Waals surface area contributed by atoms with Crippen LogP contribution in [0.15, 0.2) is 20.4 Å². The summed E-state index contributed by atoms with van der Waals surface area (Å²) < 4.78 is 5.87. The SMILES string of the molecule is Cc1noc(C)c1NC(=O)c1cc(Br)cs1. The first-order chi connectivity index (χ1) is 7.58. The van der Waals surface area contributed by atoms with E-state index in [0.29, 0.717) is 22.0 Å². The Morgan fingerprint density at radius 3 is 2.81 bits per heavy atom. The summed E-state index contributed by atoms with van der Waals surface area (Å²) >= 11 is 4.69. The van der Waals surface area contributed by atoms with E-state index >= 15 is 0 Å². The van der Waals surface area contributed by atoms with E-state index in [4.69, 9.17) is 4.52 Å². The highest BCUT2D eigenvalue weighted by Gasteiger charge is 2.14.